The Labute approximate surface area is 232 Å². The van der Waals surface area contributed by atoms with E-state index < -0.39 is 11.0 Å². The number of rotatable bonds is 8. The van der Waals surface area contributed by atoms with Crippen LogP contribution in [-0.4, -0.2) is 40.7 Å². The Balaban J connectivity index is 1.42. The van der Waals surface area contributed by atoms with E-state index in [1.165, 1.54) is 16.7 Å². The number of nitrogens with zero attached hydrogens (tertiary/aromatic N) is 2. The van der Waals surface area contributed by atoms with E-state index >= 15 is 0 Å². The number of ether oxygens (including phenoxy) is 1. The highest BCUT2D eigenvalue weighted by molar-refractivity contribution is 5.91. The second-order valence-electron chi connectivity index (χ2n) is 12.8. The van der Waals surface area contributed by atoms with Gasteiger partial charge in [-0.05, 0) is 74.8 Å². The molecule has 0 spiro atoms. The van der Waals surface area contributed by atoms with Gasteiger partial charge < -0.3 is 10.5 Å². The van der Waals surface area contributed by atoms with Crippen LogP contribution in [0.1, 0.15) is 43.9 Å². The summed E-state index contributed by atoms with van der Waals surface area (Å²) in [4.78, 5) is 21.2. The van der Waals surface area contributed by atoms with Gasteiger partial charge in [0.2, 0.25) is 5.91 Å². The highest BCUT2D eigenvalue weighted by Crippen LogP contribution is 2.61. The normalized spacial score (nSPS) is 27.0. The zero-order valence-corrected chi connectivity index (χ0v) is 23.2. The van der Waals surface area contributed by atoms with Gasteiger partial charge in [0.15, 0.2) is 0 Å². The molecular weight excluding hydrogens is 482 g/mol. The molecule has 7 rings (SSSR count). The Bertz CT molecular complexity index is 1310. The van der Waals surface area contributed by atoms with Crippen LogP contribution in [0.2, 0.25) is 0 Å². The summed E-state index contributed by atoms with van der Waals surface area (Å²) in [5.74, 6) is 1.28. The highest BCUT2D eigenvalue weighted by Gasteiger charge is 2.71. The summed E-state index contributed by atoms with van der Waals surface area (Å²) < 4.78 is 6.06. The number of likely N-dealkylation sites (tertiary alicyclic amines) is 1. The van der Waals surface area contributed by atoms with Crippen LogP contribution in [0.3, 0.4) is 0 Å². The van der Waals surface area contributed by atoms with E-state index in [2.05, 4.69) is 105 Å². The standard InChI is InChI=1S/C34H39N3O2/c1-32(2,3)39-28-16-14-26(15-17-28)22-37-23-27-20-34(31(35)38)33(30(37)29(27)21-36-34,18-24-10-6-4-7-11-24)19-25-12-8-5-9-13-25/h4-17,21,27,29-30H,18-20,22-23H2,1-3H3,(H2,35,38). The van der Waals surface area contributed by atoms with Gasteiger partial charge in [-0.25, -0.2) is 0 Å². The molecule has 3 aliphatic heterocycles. The minimum atomic E-state index is -0.929. The largest absolute Gasteiger partial charge is 0.488 e. The van der Waals surface area contributed by atoms with Crippen molar-refractivity contribution in [1.82, 2.24) is 4.90 Å². The molecule has 1 saturated carbocycles. The number of hydrogen-bond donors (Lipinski definition) is 1. The molecule has 2 fully saturated rings. The third-order valence-corrected chi connectivity index (χ3v) is 9.05. The van der Waals surface area contributed by atoms with Crippen LogP contribution in [0.15, 0.2) is 89.9 Å². The van der Waals surface area contributed by atoms with Crippen LogP contribution in [-0.2, 0) is 24.2 Å². The summed E-state index contributed by atoms with van der Waals surface area (Å²) >= 11 is 0. The zero-order valence-electron chi connectivity index (χ0n) is 23.2. The number of primary amides is 1. The van der Waals surface area contributed by atoms with E-state index in [0.717, 1.165) is 31.7 Å². The second-order valence-corrected chi connectivity index (χ2v) is 12.8. The maximum absolute atomic E-state index is 13.5. The molecular formula is C34H39N3O2. The molecule has 4 unspecified atom stereocenters. The molecule has 1 saturated heterocycles. The minimum Gasteiger partial charge on any atom is -0.488 e. The third kappa shape index (κ3) is 4.57. The molecule has 5 nitrogen and oxygen atoms in total. The lowest BCUT2D eigenvalue weighted by Gasteiger charge is -2.59. The number of benzene rings is 3. The molecule has 3 heterocycles. The number of nitrogens with two attached hydrogens (primary N) is 1. The van der Waals surface area contributed by atoms with E-state index in [-0.39, 0.29) is 17.6 Å². The van der Waals surface area contributed by atoms with Crippen molar-refractivity contribution in [2.45, 2.75) is 63.8 Å². The fourth-order valence-corrected chi connectivity index (χ4v) is 7.69. The van der Waals surface area contributed by atoms with E-state index in [1.54, 1.807) is 0 Å². The minimum absolute atomic E-state index is 0.159. The lowest BCUT2D eigenvalue weighted by Crippen LogP contribution is -2.71. The first-order valence-corrected chi connectivity index (χ1v) is 14.1. The Hall–Kier alpha value is -3.44. The third-order valence-electron chi connectivity index (χ3n) is 9.05. The maximum atomic E-state index is 13.5. The van der Waals surface area contributed by atoms with Crippen molar-refractivity contribution in [3.63, 3.8) is 0 Å². The van der Waals surface area contributed by atoms with Gasteiger partial charge in [0, 0.05) is 36.7 Å². The first-order chi connectivity index (χ1) is 18.7. The van der Waals surface area contributed by atoms with Gasteiger partial charge in [0.1, 0.15) is 16.9 Å². The Morgan fingerprint density at radius 3 is 2.05 bits per heavy atom. The van der Waals surface area contributed by atoms with Crippen LogP contribution in [0.5, 0.6) is 5.75 Å². The molecule has 39 heavy (non-hydrogen) atoms. The van der Waals surface area contributed by atoms with Gasteiger partial charge >= 0.3 is 0 Å². The van der Waals surface area contributed by atoms with Gasteiger partial charge in [-0.3, -0.25) is 14.7 Å². The second kappa shape index (κ2) is 9.63. The smallest absolute Gasteiger partial charge is 0.245 e. The van der Waals surface area contributed by atoms with Gasteiger partial charge in [-0.15, -0.1) is 0 Å². The summed E-state index contributed by atoms with van der Waals surface area (Å²) in [5.41, 5.74) is 8.44. The first kappa shape index (κ1) is 25.8. The number of carbonyl (C=O) groups excluding carboxylic acids is 1. The molecule has 3 aromatic rings. The summed E-state index contributed by atoms with van der Waals surface area (Å²) in [6, 6.07) is 29.8. The highest BCUT2D eigenvalue weighted by atomic mass is 16.5. The van der Waals surface area contributed by atoms with Crippen molar-refractivity contribution in [3.05, 3.63) is 102 Å². The molecule has 202 valence electrons. The maximum Gasteiger partial charge on any atom is 0.245 e. The predicted octanol–water partition coefficient (Wildman–Crippen LogP) is 5.46. The van der Waals surface area contributed by atoms with Crippen LogP contribution in [0.4, 0.5) is 0 Å². The Kier molecular flexibility index (Phi) is 6.38. The van der Waals surface area contributed by atoms with Crippen molar-refractivity contribution >= 4 is 12.1 Å². The molecule has 1 aliphatic carbocycles. The molecule has 0 radical (unpaired) electrons. The monoisotopic (exact) mass is 521 g/mol. The number of hydrogen-bond acceptors (Lipinski definition) is 4. The fraction of sp³-hybridized carbons (Fsp3) is 0.412. The summed E-state index contributed by atoms with van der Waals surface area (Å²) in [6.07, 6.45) is 4.31. The molecule has 5 heteroatoms. The first-order valence-electron chi connectivity index (χ1n) is 14.1. The number of amides is 1. The quantitative estimate of drug-likeness (QED) is 0.428. The SMILES string of the molecule is CC(C)(C)Oc1ccc(CN2CC3CC4(C(N)=O)N=CC3C2C4(Cc2ccccc2)Cc2ccccc2)cc1. The lowest BCUT2D eigenvalue weighted by atomic mass is 9.49. The van der Waals surface area contributed by atoms with Crippen molar-refractivity contribution in [2.24, 2.45) is 28.0 Å². The van der Waals surface area contributed by atoms with Gasteiger partial charge in [0.05, 0.1) is 0 Å². The summed E-state index contributed by atoms with van der Waals surface area (Å²) in [5, 5.41) is 0. The number of carbonyl (C=O) groups is 1. The van der Waals surface area contributed by atoms with E-state index in [4.69, 9.17) is 15.5 Å². The van der Waals surface area contributed by atoms with Crippen LogP contribution >= 0.6 is 0 Å². The Morgan fingerprint density at radius 2 is 1.51 bits per heavy atom. The molecule has 1 amide bonds. The zero-order chi connectivity index (χ0) is 27.3. The fourth-order valence-electron chi connectivity index (χ4n) is 7.69. The van der Waals surface area contributed by atoms with Crippen molar-refractivity contribution < 1.29 is 9.53 Å². The lowest BCUT2D eigenvalue weighted by molar-refractivity contribution is -0.136. The van der Waals surface area contributed by atoms with E-state index in [0.29, 0.717) is 18.3 Å². The molecule has 4 aliphatic rings. The van der Waals surface area contributed by atoms with Gasteiger partial charge in [0.25, 0.3) is 0 Å². The predicted molar refractivity (Wildman–Crippen MR) is 156 cm³/mol. The molecule has 4 atom stereocenters. The van der Waals surface area contributed by atoms with Crippen molar-refractivity contribution in [1.29, 1.82) is 0 Å². The molecule has 4 bridgehead atoms. The van der Waals surface area contributed by atoms with Crippen molar-refractivity contribution in [2.75, 3.05) is 6.54 Å². The van der Waals surface area contributed by atoms with Crippen LogP contribution in [0.25, 0.3) is 0 Å². The van der Waals surface area contributed by atoms with E-state index in [9.17, 15) is 4.79 Å². The molecule has 3 aromatic carbocycles. The summed E-state index contributed by atoms with van der Waals surface area (Å²) in [6.45, 7) is 7.96. The topological polar surface area (TPSA) is 67.9 Å². The Morgan fingerprint density at radius 1 is 0.923 bits per heavy atom. The summed E-state index contributed by atoms with van der Waals surface area (Å²) in [7, 11) is 0. The average Bonchev–Trinajstić information content (AvgIpc) is 3.22. The molecule has 2 N–H and O–H groups in total. The van der Waals surface area contributed by atoms with E-state index in [1.807, 2.05) is 12.1 Å². The van der Waals surface area contributed by atoms with Crippen molar-refractivity contribution in [3.8, 4) is 5.75 Å². The van der Waals surface area contributed by atoms with Gasteiger partial charge in [-0.2, -0.15) is 0 Å². The van der Waals surface area contributed by atoms with Crippen LogP contribution < -0.4 is 10.5 Å². The van der Waals surface area contributed by atoms with Gasteiger partial charge in [-0.1, -0.05) is 72.8 Å². The number of aliphatic imine (C=N–C) groups is 1. The molecule has 0 aromatic heterocycles. The van der Waals surface area contributed by atoms with Crippen LogP contribution in [0, 0.1) is 17.3 Å². The average molecular weight is 522 g/mol.